The van der Waals surface area contributed by atoms with Gasteiger partial charge in [-0.2, -0.15) is 5.10 Å². The van der Waals surface area contributed by atoms with Crippen molar-refractivity contribution < 1.29 is 9.82 Å². The van der Waals surface area contributed by atoms with Crippen LogP contribution in [0.5, 0.6) is 0 Å². The first kappa shape index (κ1) is 17.1. The van der Waals surface area contributed by atoms with Gasteiger partial charge >= 0.3 is 0 Å². The number of nitro groups is 1. The van der Waals surface area contributed by atoms with Gasteiger partial charge in [0.05, 0.1) is 37.3 Å². The lowest BCUT2D eigenvalue weighted by Gasteiger charge is -2.30. The van der Waals surface area contributed by atoms with Crippen molar-refractivity contribution in [1.82, 2.24) is 5.01 Å². The van der Waals surface area contributed by atoms with Crippen molar-refractivity contribution in [2.75, 3.05) is 26.2 Å². The lowest BCUT2D eigenvalue weighted by Crippen LogP contribution is -3.13. The van der Waals surface area contributed by atoms with Gasteiger partial charge in [-0.05, 0) is 24.6 Å². The SMILES string of the molecule is Cc1ccc(C[NH+]2CCN(N=Cc3ccc([N+](=O)[O-])cc3)CC2)cc1. The summed E-state index contributed by atoms with van der Waals surface area (Å²) in [6.45, 7) is 7.13. The summed E-state index contributed by atoms with van der Waals surface area (Å²) < 4.78 is 0. The van der Waals surface area contributed by atoms with Crippen molar-refractivity contribution >= 4 is 11.9 Å². The summed E-state index contributed by atoms with van der Waals surface area (Å²) >= 11 is 0. The first-order chi connectivity index (χ1) is 12.1. The number of benzene rings is 2. The van der Waals surface area contributed by atoms with E-state index in [-0.39, 0.29) is 5.69 Å². The summed E-state index contributed by atoms with van der Waals surface area (Å²) in [5.74, 6) is 0. The van der Waals surface area contributed by atoms with Gasteiger partial charge in [0.15, 0.2) is 0 Å². The van der Waals surface area contributed by atoms with Crippen molar-refractivity contribution in [1.29, 1.82) is 0 Å². The topological polar surface area (TPSA) is 63.2 Å². The molecule has 1 fully saturated rings. The monoisotopic (exact) mass is 339 g/mol. The van der Waals surface area contributed by atoms with Gasteiger partial charge in [0.25, 0.3) is 5.69 Å². The first-order valence-electron chi connectivity index (χ1n) is 8.53. The molecule has 0 spiro atoms. The van der Waals surface area contributed by atoms with E-state index in [0.29, 0.717) is 0 Å². The van der Waals surface area contributed by atoms with E-state index in [2.05, 4.69) is 41.3 Å². The van der Waals surface area contributed by atoms with Gasteiger partial charge in [0.1, 0.15) is 6.54 Å². The number of piperazine rings is 1. The lowest BCUT2D eigenvalue weighted by atomic mass is 10.1. The highest BCUT2D eigenvalue weighted by molar-refractivity contribution is 5.79. The molecule has 6 nitrogen and oxygen atoms in total. The molecule has 130 valence electrons. The maximum atomic E-state index is 10.7. The van der Waals surface area contributed by atoms with Crippen LogP contribution in [0.25, 0.3) is 0 Å². The third-order valence-electron chi connectivity index (χ3n) is 4.50. The average molecular weight is 339 g/mol. The highest BCUT2D eigenvalue weighted by atomic mass is 16.6. The molecule has 1 heterocycles. The van der Waals surface area contributed by atoms with E-state index in [1.165, 1.54) is 23.3 Å². The number of hydrogen-bond donors (Lipinski definition) is 1. The molecule has 0 saturated carbocycles. The van der Waals surface area contributed by atoms with Crippen LogP contribution < -0.4 is 4.90 Å². The Labute approximate surface area is 147 Å². The Bertz CT molecular complexity index is 733. The molecular formula is C19H23N4O2+. The molecule has 0 aromatic heterocycles. The maximum absolute atomic E-state index is 10.7. The number of nitro benzene ring substituents is 1. The molecule has 0 aliphatic carbocycles. The van der Waals surface area contributed by atoms with Crippen LogP contribution in [0.2, 0.25) is 0 Å². The van der Waals surface area contributed by atoms with Gasteiger partial charge in [-0.25, -0.2) is 0 Å². The molecule has 2 aromatic rings. The second-order valence-electron chi connectivity index (χ2n) is 6.46. The van der Waals surface area contributed by atoms with Crippen molar-refractivity contribution in [3.05, 3.63) is 75.3 Å². The predicted octanol–water partition coefficient (Wildman–Crippen LogP) is 1.64. The Morgan fingerprint density at radius 1 is 1.12 bits per heavy atom. The highest BCUT2D eigenvalue weighted by Gasteiger charge is 2.18. The van der Waals surface area contributed by atoms with Crippen LogP contribution in [0.4, 0.5) is 5.69 Å². The minimum absolute atomic E-state index is 0.102. The molecule has 1 N–H and O–H groups in total. The number of nitrogens with zero attached hydrogens (tertiary/aromatic N) is 3. The fourth-order valence-electron chi connectivity index (χ4n) is 2.93. The summed E-state index contributed by atoms with van der Waals surface area (Å²) in [6, 6.07) is 15.2. The van der Waals surface area contributed by atoms with E-state index in [1.54, 1.807) is 23.2 Å². The van der Waals surface area contributed by atoms with E-state index in [9.17, 15) is 10.1 Å². The number of aryl methyl sites for hydroxylation is 1. The molecule has 0 unspecified atom stereocenters. The number of non-ortho nitro benzene ring substituents is 1. The maximum Gasteiger partial charge on any atom is 0.269 e. The third-order valence-corrected chi connectivity index (χ3v) is 4.50. The molecule has 6 heteroatoms. The molecule has 0 radical (unpaired) electrons. The van der Waals surface area contributed by atoms with Crippen LogP contribution in [0, 0.1) is 17.0 Å². The van der Waals surface area contributed by atoms with Crippen LogP contribution in [0.15, 0.2) is 53.6 Å². The second-order valence-corrected chi connectivity index (χ2v) is 6.46. The minimum Gasteiger partial charge on any atom is -0.328 e. The lowest BCUT2D eigenvalue weighted by molar-refractivity contribution is -0.918. The summed E-state index contributed by atoms with van der Waals surface area (Å²) in [6.07, 6.45) is 1.77. The average Bonchev–Trinajstić information content (AvgIpc) is 2.63. The van der Waals surface area contributed by atoms with E-state index in [4.69, 9.17) is 0 Å². The van der Waals surface area contributed by atoms with Gasteiger partial charge in [-0.15, -0.1) is 0 Å². The fourth-order valence-corrected chi connectivity index (χ4v) is 2.93. The molecule has 1 aliphatic rings. The Balaban J connectivity index is 1.48. The molecule has 0 amide bonds. The highest BCUT2D eigenvalue weighted by Crippen LogP contribution is 2.10. The van der Waals surface area contributed by atoms with E-state index < -0.39 is 4.92 Å². The number of hydrogen-bond acceptors (Lipinski definition) is 4. The number of quaternary nitrogens is 1. The molecule has 0 bridgehead atoms. The molecule has 3 rings (SSSR count). The molecule has 2 aromatic carbocycles. The Kier molecular flexibility index (Phi) is 5.40. The zero-order valence-corrected chi connectivity index (χ0v) is 14.4. The Morgan fingerprint density at radius 2 is 1.76 bits per heavy atom. The first-order valence-corrected chi connectivity index (χ1v) is 8.53. The molecule has 1 aliphatic heterocycles. The molecule has 1 saturated heterocycles. The van der Waals surface area contributed by atoms with E-state index >= 15 is 0 Å². The Hall–Kier alpha value is -2.73. The largest absolute Gasteiger partial charge is 0.328 e. The van der Waals surface area contributed by atoms with Crippen molar-refractivity contribution in [3.8, 4) is 0 Å². The van der Waals surface area contributed by atoms with E-state index in [0.717, 1.165) is 38.3 Å². The smallest absolute Gasteiger partial charge is 0.269 e. The van der Waals surface area contributed by atoms with Gasteiger partial charge in [-0.1, -0.05) is 29.8 Å². The normalized spacial score (nSPS) is 15.6. The van der Waals surface area contributed by atoms with Crippen LogP contribution in [0.3, 0.4) is 0 Å². The van der Waals surface area contributed by atoms with Gasteiger partial charge in [-0.3, -0.25) is 15.1 Å². The number of rotatable bonds is 5. The standard InChI is InChI=1S/C19H22N4O2/c1-16-2-4-18(5-3-16)15-21-10-12-22(13-11-21)20-14-17-6-8-19(9-7-17)23(24)25/h2-9,14H,10-13,15H2,1H3/p+1. The fraction of sp³-hybridized carbons (Fsp3) is 0.316. The van der Waals surface area contributed by atoms with E-state index in [1.807, 2.05) is 0 Å². The summed E-state index contributed by atoms with van der Waals surface area (Å²) in [7, 11) is 0. The van der Waals surface area contributed by atoms with Crippen LogP contribution in [-0.4, -0.2) is 42.3 Å². The predicted molar refractivity (Wildman–Crippen MR) is 97.8 cm³/mol. The summed E-state index contributed by atoms with van der Waals surface area (Å²) in [4.78, 5) is 11.8. The minimum atomic E-state index is -0.392. The zero-order chi connectivity index (χ0) is 17.6. The third kappa shape index (κ3) is 4.87. The molecule has 0 atom stereocenters. The summed E-state index contributed by atoms with van der Waals surface area (Å²) in [5, 5.41) is 17.2. The number of hydrazone groups is 1. The van der Waals surface area contributed by atoms with Crippen molar-refractivity contribution in [2.45, 2.75) is 13.5 Å². The van der Waals surface area contributed by atoms with Crippen LogP contribution in [-0.2, 0) is 6.54 Å². The van der Waals surface area contributed by atoms with Crippen LogP contribution >= 0.6 is 0 Å². The molecule has 25 heavy (non-hydrogen) atoms. The number of nitrogens with one attached hydrogen (secondary N) is 1. The second kappa shape index (κ2) is 7.90. The summed E-state index contributed by atoms with van der Waals surface area (Å²) in [5.41, 5.74) is 3.65. The van der Waals surface area contributed by atoms with Gasteiger partial charge in [0.2, 0.25) is 0 Å². The van der Waals surface area contributed by atoms with Gasteiger partial charge in [0, 0.05) is 17.7 Å². The van der Waals surface area contributed by atoms with Crippen molar-refractivity contribution in [2.24, 2.45) is 5.10 Å². The quantitative estimate of drug-likeness (QED) is 0.512. The van der Waals surface area contributed by atoms with Crippen molar-refractivity contribution in [3.63, 3.8) is 0 Å². The Morgan fingerprint density at radius 3 is 2.36 bits per heavy atom. The molecular weight excluding hydrogens is 316 g/mol. The van der Waals surface area contributed by atoms with Crippen LogP contribution in [0.1, 0.15) is 16.7 Å². The zero-order valence-electron chi connectivity index (χ0n) is 14.4. The van der Waals surface area contributed by atoms with Gasteiger partial charge < -0.3 is 4.90 Å².